The Morgan fingerprint density at radius 3 is 1.27 bits per heavy atom. The summed E-state index contributed by atoms with van der Waals surface area (Å²) in [4.78, 5) is 0. The normalized spacial score (nSPS) is 25.7. The van der Waals surface area contributed by atoms with E-state index in [0.29, 0.717) is 0 Å². The molecule has 0 spiro atoms. The van der Waals surface area contributed by atoms with E-state index in [9.17, 15) is 0 Å². The third kappa shape index (κ3) is 3.98. The maximum atomic E-state index is 4.15. The van der Waals surface area contributed by atoms with E-state index in [1.54, 1.807) is 0 Å². The van der Waals surface area contributed by atoms with Gasteiger partial charge in [-0.15, -0.1) is 13.2 Å². The summed E-state index contributed by atoms with van der Waals surface area (Å²) in [5, 5.41) is 0. The van der Waals surface area contributed by atoms with Gasteiger partial charge in [0, 0.05) is 26.2 Å². The Labute approximate surface area is 167 Å². The Morgan fingerprint density at radius 1 is 0.692 bits per heavy atom. The van der Waals surface area contributed by atoms with E-state index >= 15 is 0 Å². The van der Waals surface area contributed by atoms with Crippen LogP contribution in [0.1, 0.15) is 0 Å². The topological polar surface area (TPSA) is 13.0 Å². The Kier molecular flexibility index (Phi) is 6.52. The van der Waals surface area contributed by atoms with Crippen LogP contribution in [-0.2, 0) is 0 Å². The van der Waals surface area contributed by atoms with Crippen molar-refractivity contribution in [2.75, 3.05) is 39.3 Å². The molecule has 2 aliphatic rings. The summed E-state index contributed by atoms with van der Waals surface area (Å²) < 4.78 is 11.4. The Bertz CT molecular complexity index is 499. The molecule has 2 saturated heterocycles. The lowest BCUT2D eigenvalue weighted by molar-refractivity contribution is 0.379. The van der Waals surface area contributed by atoms with Crippen molar-refractivity contribution >= 4 is 33.3 Å². The quantitative estimate of drug-likeness (QED) is 0.578. The van der Waals surface area contributed by atoms with Crippen LogP contribution in [0, 0.1) is 0 Å². The zero-order valence-electron chi connectivity index (χ0n) is 18.6. The minimum absolute atomic E-state index is 1.23. The SMILES string of the molecule is C=C[Si](C)(C)N1CCN(CCN2CCN([Si](C)(C)C=C)[Si]2(C)C)[Si]1(C)C. The van der Waals surface area contributed by atoms with Gasteiger partial charge in [-0.05, 0) is 39.3 Å². The number of rotatable bonds is 7. The predicted octanol–water partition coefficient (Wildman–Crippen LogP) is 3.49. The van der Waals surface area contributed by atoms with Gasteiger partial charge in [0.1, 0.15) is 16.5 Å². The molecule has 2 rings (SSSR count). The summed E-state index contributed by atoms with van der Waals surface area (Å²) in [5.41, 5.74) is 4.53. The molecule has 0 aromatic heterocycles. The first-order chi connectivity index (χ1) is 11.8. The van der Waals surface area contributed by atoms with Crippen LogP contribution in [0.15, 0.2) is 24.6 Å². The molecule has 0 N–H and O–H groups in total. The summed E-state index contributed by atoms with van der Waals surface area (Å²) in [6, 6.07) is 0. The van der Waals surface area contributed by atoms with Gasteiger partial charge in [0.05, 0.1) is 0 Å². The first-order valence-corrected chi connectivity index (χ1v) is 22.0. The molecule has 0 aliphatic carbocycles. The number of hydrogen-bond acceptors (Lipinski definition) is 4. The van der Waals surface area contributed by atoms with Crippen LogP contribution in [0.3, 0.4) is 0 Å². The van der Waals surface area contributed by atoms with Crippen molar-refractivity contribution in [1.29, 1.82) is 0 Å². The molecule has 0 bridgehead atoms. The van der Waals surface area contributed by atoms with Crippen molar-refractivity contribution in [3.8, 4) is 0 Å². The second-order valence-corrected chi connectivity index (χ2v) is 27.7. The van der Waals surface area contributed by atoms with Gasteiger partial charge in [-0.25, -0.2) is 0 Å². The van der Waals surface area contributed by atoms with Gasteiger partial charge >= 0.3 is 0 Å². The monoisotopic (exact) mass is 426 g/mol. The smallest absolute Gasteiger partial charge is 0.194 e. The maximum Gasteiger partial charge on any atom is 0.194 e. The van der Waals surface area contributed by atoms with Gasteiger partial charge < -0.3 is 17.6 Å². The number of hydrogen-bond donors (Lipinski definition) is 0. The molecule has 26 heavy (non-hydrogen) atoms. The van der Waals surface area contributed by atoms with Gasteiger partial charge in [0.25, 0.3) is 0 Å². The van der Waals surface area contributed by atoms with Crippen molar-refractivity contribution < 1.29 is 0 Å². The van der Waals surface area contributed by atoms with Crippen LogP contribution in [0.5, 0.6) is 0 Å². The van der Waals surface area contributed by atoms with E-state index in [1.807, 2.05) is 0 Å². The molecule has 0 unspecified atom stereocenters. The van der Waals surface area contributed by atoms with Crippen molar-refractivity contribution in [1.82, 2.24) is 17.6 Å². The zero-order valence-corrected chi connectivity index (χ0v) is 22.6. The van der Waals surface area contributed by atoms with Crippen LogP contribution < -0.4 is 0 Å². The minimum Gasteiger partial charge on any atom is -0.329 e. The molecule has 2 fully saturated rings. The van der Waals surface area contributed by atoms with Crippen LogP contribution in [0.2, 0.25) is 52.4 Å². The molecule has 2 aliphatic heterocycles. The van der Waals surface area contributed by atoms with Crippen LogP contribution in [-0.4, -0.2) is 90.1 Å². The lowest BCUT2D eigenvalue weighted by atomic mass is 10.5. The highest BCUT2D eigenvalue weighted by Crippen LogP contribution is 2.31. The standard InChI is InChI=1S/C18H42N4Si4/c1-11-23(3,4)21-17-15-19(25(21,7)8)13-14-20-16-18-22(26(20,9)10)24(5,6)12-2/h11-12H,1-2,13-18H2,3-10H3. The van der Waals surface area contributed by atoms with Crippen molar-refractivity contribution in [2.24, 2.45) is 0 Å². The molecular formula is C18H42N4Si4. The molecule has 2 heterocycles. The second kappa shape index (κ2) is 7.55. The fourth-order valence-corrected chi connectivity index (χ4v) is 24.1. The lowest BCUT2D eigenvalue weighted by Crippen LogP contribution is -2.65. The Morgan fingerprint density at radius 2 is 1.00 bits per heavy atom. The molecule has 8 heteroatoms. The van der Waals surface area contributed by atoms with E-state index in [1.165, 1.54) is 39.3 Å². The first kappa shape index (κ1) is 22.5. The Hall–Kier alpha value is 0.188. The van der Waals surface area contributed by atoms with Gasteiger partial charge in [-0.2, -0.15) is 0 Å². The molecule has 0 aromatic carbocycles. The lowest BCUT2D eigenvalue weighted by Gasteiger charge is -2.45. The second-order valence-electron chi connectivity index (χ2n) is 9.98. The fourth-order valence-electron chi connectivity index (χ4n) is 5.10. The fraction of sp³-hybridized carbons (Fsp3) is 0.778. The summed E-state index contributed by atoms with van der Waals surface area (Å²) in [6.07, 6.45) is 0. The Balaban J connectivity index is 2.04. The average molecular weight is 427 g/mol. The van der Waals surface area contributed by atoms with Gasteiger partial charge in [-0.1, -0.05) is 37.6 Å². The maximum absolute atomic E-state index is 4.15. The molecule has 0 aromatic rings. The van der Waals surface area contributed by atoms with Gasteiger partial charge in [0.15, 0.2) is 16.8 Å². The molecule has 0 amide bonds. The van der Waals surface area contributed by atoms with E-state index in [2.05, 4.69) is 94.5 Å². The van der Waals surface area contributed by atoms with Crippen LogP contribution >= 0.6 is 0 Å². The molecule has 4 nitrogen and oxygen atoms in total. The molecule has 150 valence electrons. The van der Waals surface area contributed by atoms with Gasteiger partial charge in [-0.3, -0.25) is 0 Å². The summed E-state index contributed by atoms with van der Waals surface area (Å²) in [5.74, 6) is 0. The summed E-state index contributed by atoms with van der Waals surface area (Å²) >= 11 is 0. The molecule has 0 saturated carbocycles. The zero-order chi connectivity index (χ0) is 20.0. The van der Waals surface area contributed by atoms with E-state index in [0.717, 1.165) is 0 Å². The first-order valence-electron chi connectivity index (χ1n) is 10.1. The minimum atomic E-state index is -1.51. The van der Waals surface area contributed by atoms with E-state index in [-0.39, 0.29) is 0 Å². The number of nitrogens with zero attached hydrogens (tertiary/aromatic N) is 4. The predicted molar refractivity (Wildman–Crippen MR) is 127 cm³/mol. The van der Waals surface area contributed by atoms with E-state index in [4.69, 9.17) is 0 Å². The highest BCUT2D eigenvalue weighted by Gasteiger charge is 2.50. The average Bonchev–Trinajstić information content (AvgIpc) is 3.01. The third-order valence-electron chi connectivity index (χ3n) is 7.09. The molecule has 0 radical (unpaired) electrons. The summed E-state index contributed by atoms with van der Waals surface area (Å²) in [6.45, 7) is 35.7. The largest absolute Gasteiger partial charge is 0.329 e. The van der Waals surface area contributed by atoms with Crippen LogP contribution in [0.25, 0.3) is 0 Å². The van der Waals surface area contributed by atoms with Crippen LogP contribution in [0.4, 0.5) is 0 Å². The molecule has 0 atom stereocenters. The van der Waals surface area contributed by atoms with Gasteiger partial charge in [0.2, 0.25) is 0 Å². The van der Waals surface area contributed by atoms with Crippen molar-refractivity contribution in [2.45, 2.75) is 52.4 Å². The highest BCUT2D eigenvalue weighted by molar-refractivity contribution is 6.93. The molecular weight excluding hydrogens is 385 g/mol. The van der Waals surface area contributed by atoms with Crippen molar-refractivity contribution in [3.63, 3.8) is 0 Å². The highest BCUT2D eigenvalue weighted by atomic mass is 28.4. The summed E-state index contributed by atoms with van der Waals surface area (Å²) in [7, 11) is -5.92. The third-order valence-corrected chi connectivity index (χ3v) is 26.1. The van der Waals surface area contributed by atoms with E-state index < -0.39 is 33.3 Å². The van der Waals surface area contributed by atoms with Crippen molar-refractivity contribution in [3.05, 3.63) is 24.6 Å².